The third-order valence-electron chi connectivity index (χ3n) is 3.27. The lowest BCUT2D eigenvalue weighted by molar-refractivity contribution is 0.307. The van der Waals surface area contributed by atoms with Gasteiger partial charge >= 0.3 is 0 Å². The molecule has 0 unspecified atom stereocenters. The summed E-state index contributed by atoms with van der Waals surface area (Å²) in [5.41, 5.74) is 6.54. The number of nitrogens with zero attached hydrogens (tertiary/aromatic N) is 1. The molecule has 0 amide bonds. The Bertz CT molecular complexity index is 536. The molecule has 0 atom stereocenters. The Morgan fingerprint density at radius 2 is 2.10 bits per heavy atom. The summed E-state index contributed by atoms with van der Waals surface area (Å²) in [6.07, 6.45) is 0. The molecule has 2 heterocycles. The Morgan fingerprint density at radius 1 is 1.40 bits per heavy atom. The molecule has 0 aromatic carbocycles. The number of nitrogens with one attached hydrogen (secondary N) is 1. The zero-order valence-corrected chi connectivity index (χ0v) is 14.0. The highest BCUT2D eigenvalue weighted by Gasteiger charge is 2.19. The summed E-state index contributed by atoms with van der Waals surface area (Å²) in [5, 5.41) is 0. The van der Waals surface area contributed by atoms with E-state index in [0.29, 0.717) is 17.3 Å². The predicted molar refractivity (Wildman–Crippen MR) is 85.9 cm³/mol. The molecule has 8 heteroatoms. The minimum absolute atomic E-state index is 0.365. The summed E-state index contributed by atoms with van der Waals surface area (Å²) in [6.45, 7) is 5.60. The van der Waals surface area contributed by atoms with Crippen molar-refractivity contribution in [2.24, 2.45) is 5.73 Å². The monoisotopic (exact) mass is 335 g/mol. The van der Waals surface area contributed by atoms with Crippen molar-refractivity contribution in [3.63, 3.8) is 0 Å². The number of thiophene rings is 1. The maximum Gasteiger partial charge on any atom is 0.250 e. The number of hydrogen-bond donors (Lipinski definition) is 2. The van der Waals surface area contributed by atoms with E-state index in [4.69, 9.17) is 5.73 Å². The number of nitrogens with two attached hydrogens (primary N) is 1. The SMILES string of the molecule is Cc1cc(S(=O)(=O)NCCN2CCSCC2)sc1CN. The van der Waals surface area contributed by atoms with E-state index in [1.807, 2.05) is 18.7 Å². The Kier molecular flexibility index (Phi) is 5.88. The van der Waals surface area contributed by atoms with E-state index in [1.165, 1.54) is 11.3 Å². The van der Waals surface area contributed by atoms with E-state index in [0.717, 1.165) is 41.6 Å². The molecular weight excluding hydrogens is 314 g/mol. The first-order valence-electron chi connectivity index (χ1n) is 6.62. The van der Waals surface area contributed by atoms with Gasteiger partial charge in [-0.2, -0.15) is 11.8 Å². The number of aryl methyl sites for hydroxylation is 1. The first-order chi connectivity index (χ1) is 9.53. The normalized spacial score (nSPS) is 17.5. The topological polar surface area (TPSA) is 75.4 Å². The van der Waals surface area contributed by atoms with Crippen molar-refractivity contribution in [2.45, 2.75) is 17.7 Å². The molecular formula is C12H21N3O2S3. The second-order valence-electron chi connectivity index (χ2n) is 4.73. The molecule has 114 valence electrons. The van der Waals surface area contributed by atoms with E-state index in [2.05, 4.69) is 9.62 Å². The zero-order valence-electron chi connectivity index (χ0n) is 11.6. The maximum absolute atomic E-state index is 12.2. The van der Waals surface area contributed by atoms with Crippen LogP contribution in [0.3, 0.4) is 0 Å². The molecule has 1 aliphatic rings. The van der Waals surface area contributed by atoms with Crippen LogP contribution in [0.4, 0.5) is 0 Å². The molecule has 1 aromatic heterocycles. The Balaban J connectivity index is 1.89. The van der Waals surface area contributed by atoms with Gasteiger partial charge < -0.3 is 10.6 Å². The molecule has 0 radical (unpaired) electrons. The van der Waals surface area contributed by atoms with Crippen LogP contribution in [0, 0.1) is 6.92 Å². The molecule has 20 heavy (non-hydrogen) atoms. The van der Waals surface area contributed by atoms with Gasteiger partial charge in [0.25, 0.3) is 0 Å². The minimum atomic E-state index is -3.39. The second kappa shape index (κ2) is 7.24. The Hall–Kier alpha value is -0.120. The average molecular weight is 336 g/mol. The summed E-state index contributed by atoms with van der Waals surface area (Å²) in [7, 11) is -3.39. The van der Waals surface area contributed by atoms with E-state index in [-0.39, 0.29) is 0 Å². The highest BCUT2D eigenvalue weighted by molar-refractivity contribution is 7.99. The first-order valence-corrected chi connectivity index (χ1v) is 10.1. The van der Waals surface area contributed by atoms with Crippen LogP contribution in [-0.4, -0.2) is 51.0 Å². The van der Waals surface area contributed by atoms with Gasteiger partial charge in [0, 0.05) is 49.1 Å². The van der Waals surface area contributed by atoms with Crippen molar-refractivity contribution in [3.05, 3.63) is 16.5 Å². The zero-order chi connectivity index (χ0) is 14.6. The maximum atomic E-state index is 12.2. The number of sulfonamides is 1. The Labute approximate surface area is 129 Å². The third-order valence-corrected chi connectivity index (χ3v) is 7.41. The summed E-state index contributed by atoms with van der Waals surface area (Å²) in [5.74, 6) is 2.27. The first kappa shape index (κ1) is 16.3. The van der Waals surface area contributed by atoms with Crippen molar-refractivity contribution in [1.82, 2.24) is 9.62 Å². The highest BCUT2D eigenvalue weighted by atomic mass is 32.2. The molecule has 0 saturated carbocycles. The van der Waals surface area contributed by atoms with Gasteiger partial charge in [-0.05, 0) is 18.6 Å². The molecule has 0 aliphatic carbocycles. The van der Waals surface area contributed by atoms with Gasteiger partial charge in [0.1, 0.15) is 4.21 Å². The molecule has 1 saturated heterocycles. The van der Waals surface area contributed by atoms with E-state index >= 15 is 0 Å². The van der Waals surface area contributed by atoms with Gasteiger partial charge in [0.15, 0.2) is 0 Å². The second-order valence-corrected chi connectivity index (χ2v) is 9.08. The molecule has 3 N–H and O–H groups in total. The van der Waals surface area contributed by atoms with Crippen LogP contribution in [0.25, 0.3) is 0 Å². The third kappa shape index (κ3) is 4.19. The molecule has 0 spiro atoms. The predicted octanol–water partition coefficient (Wildman–Crippen LogP) is 0.842. The van der Waals surface area contributed by atoms with Crippen LogP contribution in [0.1, 0.15) is 10.4 Å². The number of rotatable bonds is 6. The van der Waals surface area contributed by atoms with Crippen molar-refractivity contribution in [3.8, 4) is 0 Å². The van der Waals surface area contributed by atoms with Gasteiger partial charge in [-0.3, -0.25) is 0 Å². The van der Waals surface area contributed by atoms with Crippen LogP contribution in [0.15, 0.2) is 10.3 Å². The van der Waals surface area contributed by atoms with Crippen LogP contribution < -0.4 is 10.5 Å². The van der Waals surface area contributed by atoms with Gasteiger partial charge in [-0.1, -0.05) is 0 Å². The van der Waals surface area contributed by atoms with Crippen LogP contribution >= 0.6 is 23.1 Å². The van der Waals surface area contributed by atoms with E-state index in [1.54, 1.807) is 6.07 Å². The minimum Gasteiger partial charge on any atom is -0.326 e. The molecule has 1 aliphatic heterocycles. The van der Waals surface area contributed by atoms with Crippen LogP contribution in [0.5, 0.6) is 0 Å². The summed E-state index contributed by atoms with van der Waals surface area (Å²) in [4.78, 5) is 3.22. The van der Waals surface area contributed by atoms with Crippen molar-refractivity contribution >= 4 is 33.1 Å². The molecule has 0 bridgehead atoms. The summed E-state index contributed by atoms with van der Waals surface area (Å²) >= 11 is 3.21. The molecule has 1 fully saturated rings. The largest absolute Gasteiger partial charge is 0.326 e. The lowest BCUT2D eigenvalue weighted by Crippen LogP contribution is -2.39. The van der Waals surface area contributed by atoms with Gasteiger partial charge in [-0.25, -0.2) is 13.1 Å². The van der Waals surface area contributed by atoms with Gasteiger partial charge in [0.05, 0.1) is 0 Å². The fraction of sp³-hybridized carbons (Fsp3) is 0.667. The van der Waals surface area contributed by atoms with Crippen LogP contribution in [0.2, 0.25) is 0 Å². The van der Waals surface area contributed by atoms with Crippen LogP contribution in [-0.2, 0) is 16.6 Å². The summed E-state index contributed by atoms with van der Waals surface area (Å²) in [6, 6.07) is 1.70. The van der Waals surface area contributed by atoms with Crippen molar-refractivity contribution in [2.75, 3.05) is 37.7 Å². The van der Waals surface area contributed by atoms with E-state index in [9.17, 15) is 8.42 Å². The lowest BCUT2D eigenvalue weighted by atomic mass is 10.3. The average Bonchev–Trinajstić information content (AvgIpc) is 2.82. The standard InChI is InChI=1S/C12H21N3O2S3/c1-10-8-12(19-11(10)9-13)20(16,17)14-2-3-15-4-6-18-7-5-15/h8,14H,2-7,9,13H2,1H3. The van der Waals surface area contributed by atoms with Crippen molar-refractivity contribution < 1.29 is 8.42 Å². The summed E-state index contributed by atoms with van der Waals surface area (Å²) < 4.78 is 27.4. The fourth-order valence-corrected chi connectivity index (χ4v) is 5.57. The molecule has 2 rings (SSSR count). The Morgan fingerprint density at radius 3 is 2.70 bits per heavy atom. The lowest BCUT2D eigenvalue weighted by Gasteiger charge is -2.25. The van der Waals surface area contributed by atoms with Crippen molar-refractivity contribution in [1.29, 1.82) is 0 Å². The highest BCUT2D eigenvalue weighted by Crippen LogP contribution is 2.25. The molecule has 5 nitrogen and oxygen atoms in total. The smallest absolute Gasteiger partial charge is 0.250 e. The quantitative estimate of drug-likeness (QED) is 0.806. The molecule has 1 aromatic rings. The van der Waals surface area contributed by atoms with Gasteiger partial charge in [0.2, 0.25) is 10.0 Å². The fourth-order valence-electron chi connectivity index (χ4n) is 2.06. The number of hydrogen-bond acceptors (Lipinski definition) is 6. The number of thioether (sulfide) groups is 1. The van der Waals surface area contributed by atoms with Gasteiger partial charge in [-0.15, -0.1) is 11.3 Å². The van der Waals surface area contributed by atoms with E-state index < -0.39 is 10.0 Å².